The van der Waals surface area contributed by atoms with Crippen LogP contribution < -0.4 is 5.32 Å². The Morgan fingerprint density at radius 2 is 2.39 bits per heavy atom. The van der Waals surface area contributed by atoms with Gasteiger partial charge in [-0.1, -0.05) is 20.3 Å². The molecule has 2 atom stereocenters. The third-order valence-corrected chi connectivity index (χ3v) is 4.11. The smallest absolute Gasteiger partial charge is 0.203 e. The highest BCUT2D eigenvalue weighted by Gasteiger charge is 2.35. The van der Waals surface area contributed by atoms with Gasteiger partial charge in [0.1, 0.15) is 0 Å². The van der Waals surface area contributed by atoms with Crippen LogP contribution >= 0.6 is 0 Å². The lowest BCUT2D eigenvalue weighted by Gasteiger charge is -2.29. The Morgan fingerprint density at radius 3 is 3.00 bits per heavy atom. The number of methoxy groups -OCH3 is 1. The zero-order valence-corrected chi connectivity index (χ0v) is 11.9. The summed E-state index contributed by atoms with van der Waals surface area (Å²) in [5, 5.41) is 3.62. The van der Waals surface area contributed by atoms with Gasteiger partial charge in [0.25, 0.3) is 0 Å². The number of nitrogens with zero attached hydrogens (tertiary/aromatic N) is 2. The Balaban J connectivity index is 2.08. The normalized spacial score (nSPS) is 24.1. The maximum atomic E-state index is 5.22. The largest absolute Gasteiger partial charge is 0.383 e. The zero-order valence-electron chi connectivity index (χ0n) is 11.9. The maximum absolute atomic E-state index is 5.22. The monoisotopic (exact) mass is 251 g/mol. The highest BCUT2D eigenvalue weighted by molar-refractivity contribution is 5.30. The predicted octanol–water partition coefficient (Wildman–Crippen LogP) is 3.08. The quantitative estimate of drug-likeness (QED) is 0.874. The molecule has 0 aliphatic heterocycles. The van der Waals surface area contributed by atoms with Crippen LogP contribution in [0.1, 0.15) is 46.1 Å². The lowest BCUT2D eigenvalue weighted by atomic mass is 9.87. The summed E-state index contributed by atoms with van der Waals surface area (Å²) in [5.41, 5.74) is 0.362. The molecular weight excluding hydrogens is 226 g/mol. The van der Waals surface area contributed by atoms with Crippen LogP contribution in [-0.4, -0.2) is 29.3 Å². The van der Waals surface area contributed by atoms with Gasteiger partial charge in [0.15, 0.2) is 0 Å². The molecule has 4 nitrogen and oxygen atoms in total. The predicted molar refractivity (Wildman–Crippen MR) is 73.9 cm³/mol. The molecule has 18 heavy (non-hydrogen) atoms. The van der Waals surface area contributed by atoms with Gasteiger partial charge in [-0.3, -0.25) is 0 Å². The van der Waals surface area contributed by atoms with Crippen LogP contribution in [0.5, 0.6) is 0 Å². The maximum Gasteiger partial charge on any atom is 0.203 e. The van der Waals surface area contributed by atoms with Crippen molar-refractivity contribution in [2.45, 2.75) is 52.1 Å². The number of imidazole rings is 1. The van der Waals surface area contributed by atoms with Gasteiger partial charge in [0.2, 0.25) is 5.95 Å². The standard InChI is InChI=1S/C14H25N3O/c1-11(10-18-4)17-9-8-15-13(17)16-12-6-5-7-14(12,2)3/h8-9,11-12H,5-7,10H2,1-4H3,(H,15,16). The Kier molecular flexibility index (Phi) is 3.95. The molecule has 1 aliphatic rings. The molecule has 0 radical (unpaired) electrons. The van der Waals surface area contributed by atoms with E-state index in [1.54, 1.807) is 7.11 Å². The number of hydrogen-bond donors (Lipinski definition) is 1. The molecule has 1 N–H and O–H groups in total. The fourth-order valence-corrected chi connectivity index (χ4v) is 2.85. The Bertz CT molecular complexity index is 386. The minimum Gasteiger partial charge on any atom is -0.383 e. The van der Waals surface area contributed by atoms with Crippen molar-refractivity contribution in [1.82, 2.24) is 9.55 Å². The molecule has 0 amide bonds. The number of ether oxygens (including phenoxy) is 1. The molecule has 1 aromatic heterocycles. The SMILES string of the molecule is COCC(C)n1ccnc1NC1CCCC1(C)C. The first-order chi connectivity index (χ1) is 8.54. The average Bonchev–Trinajstić information content (AvgIpc) is 2.87. The van der Waals surface area contributed by atoms with E-state index in [1.807, 2.05) is 12.4 Å². The molecule has 1 saturated carbocycles. The summed E-state index contributed by atoms with van der Waals surface area (Å²) in [6, 6.07) is 0.831. The molecule has 1 aromatic rings. The second-order valence-corrected chi connectivity index (χ2v) is 6.04. The van der Waals surface area contributed by atoms with E-state index in [2.05, 4.69) is 35.6 Å². The van der Waals surface area contributed by atoms with Gasteiger partial charge in [-0.25, -0.2) is 4.98 Å². The van der Waals surface area contributed by atoms with E-state index in [1.165, 1.54) is 19.3 Å². The van der Waals surface area contributed by atoms with E-state index in [9.17, 15) is 0 Å². The topological polar surface area (TPSA) is 39.1 Å². The van der Waals surface area contributed by atoms with Crippen molar-refractivity contribution in [3.8, 4) is 0 Å². The Morgan fingerprint density at radius 1 is 1.61 bits per heavy atom. The van der Waals surface area contributed by atoms with Crippen molar-refractivity contribution in [3.63, 3.8) is 0 Å². The molecule has 0 saturated heterocycles. The van der Waals surface area contributed by atoms with Gasteiger partial charge in [-0.15, -0.1) is 0 Å². The second-order valence-electron chi connectivity index (χ2n) is 6.04. The summed E-state index contributed by atoms with van der Waals surface area (Å²) in [5.74, 6) is 0.972. The van der Waals surface area contributed by atoms with Gasteiger partial charge in [0, 0.05) is 25.5 Å². The molecule has 1 heterocycles. The molecule has 0 spiro atoms. The average molecular weight is 251 g/mol. The van der Waals surface area contributed by atoms with Crippen molar-refractivity contribution in [2.75, 3.05) is 19.0 Å². The molecule has 102 valence electrons. The number of anilines is 1. The summed E-state index contributed by atoms with van der Waals surface area (Å²) < 4.78 is 7.38. The molecule has 0 bridgehead atoms. The minimum absolute atomic E-state index is 0.310. The first-order valence-electron chi connectivity index (χ1n) is 6.83. The fraction of sp³-hybridized carbons (Fsp3) is 0.786. The zero-order chi connectivity index (χ0) is 13.2. The number of nitrogens with one attached hydrogen (secondary N) is 1. The van der Waals surface area contributed by atoms with Crippen LogP contribution in [0, 0.1) is 5.41 Å². The van der Waals surface area contributed by atoms with Crippen molar-refractivity contribution >= 4 is 5.95 Å². The molecule has 2 unspecified atom stereocenters. The second kappa shape index (κ2) is 5.31. The summed E-state index contributed by atoms with van der Waals surface area (Å²) in [6.45, 7) is 7.53. The van der Waals surface area contributed by atoms with Crippen molar-refractivity contribution in [3.05, 3.63) is 12.4 Å². The van der Waals surface area contributed by atoms with Crippen LogP contribution in [0.25, 0.3) is 0 Å². The van der Waals surface area contributed by atoms with Gasteiger partial charge in [0.05, 0.1) is 12.6 Å². The highest BCUT2D eigenvalue weighted by atomic mass is 16.5. The minimum atomic E-state index is 0.310. The van der Waals surface area contributed by atoms with Gasteiger partial charge < -0.3 is 14.6 Å². The van der Waals surface area contributed by atoms with Crippen molar-refractivity contribution in [1.29, 1.82) is 0 Å². The Labute approximate surface area is 110 Å². The summed E-state index contributed by atoms with van der Waals surface area (Å²) in [4.78, 5) is 4.44. The summed E-state index contributed by atoms with van der Waals surface area (Å²) in [7, 11) is 1.74. The van der Waals surface area contributed by atoms with Crippen molar-refractivity contribution < 1.29 is 4.74 Å². The van der Waals surface area contributed by atoms with Crippen LogP contribution in [0.15, 0.2) is 12.4 Å². The summed E-state index contributed by atoms with van der Waals surface area (Å²) in [6.07, 6.45) is 7.71. The molecule has 4 heteroatoms. The highest BCUT2D eigenvalue weighted by Crippen LogP contribution is 2.38. The van der Waals surface area contributed by atoms with E-state index in [-0.39, 0.29) is 0 Å². The molecule has 1 aliphatic carbocycles. The van der Waals surface area contributed by atoms with Crippen LogP contribution in [0.2, 0.25) is 0 Å². The molecule has 1 fully saturated rings. The van der Waals surface area contributed by atoms with E-state index in [0.717, 1.165) is 5.95 Å². The number of rotatable bonds is 5. The Hall–Kier alpha value is -1.03. The molecule has 0 aromatic carbocycles. The first-order valence-corrected chi connectivity index (χ1v) is 6.83. The third kappa shape index (κ3) is 2.69. The van der Waals surface area contributed by atoms with Crippen LogP contribution in [0.4, 0.5) is 5.95 Å². The number of hydrogen-bond acceptors (Lipinski definition) is 3. The van der Waals surface area contributed by atoms with Gasteiger partial charge >= 0.3 is 0 Å². The van der Waals surface area contributed by atoms with E-state index < -0.39 is 0 Å². The first kappa shape index (κ1) is 13.4. The van der Waals surface area contributed by atoms with Crippen LogP contribution in [0.3, 0.4) is 0 Å². The summed E-state index contributed by atoms with van der Waals surface area (Å²) >= 11 is 0. The molecule has 2 rings (SSSR count). The lowest BCUT2D eigenvalue weighted by molar-refractivity contribution is 0.163. The van der Waals surface area contributed by atoms with Crippen molar-refractivity contribution in [2.24, 2.45) is 5.41 Å². The third-order valence-electron chi connectivity index (χ3n) is 4.11. The lowest BCUT2D eigenvalue weighted by Crippen LogP contribution is -2.32. The fourth-order valence-electron chi connectivity index (χ4n) is 2.85. The molecular formula is C14H25N3O. The van der Waals surface area contributed by atoms with Gasteiger partial charge in [-0.2, -0.15) is 0 Å². The van der Waals surface area contributed by atoms with E-state index >= 15 is 0 Å². The van der Waals surface area contributed by atoms with E-state index in [0.29, 0.717) is 24.1 Å². The van der Waals surface area contributed by atoms with Gasteiger partial charge in [-0.05, 0) is 25.2 Å². The number of aromatic nitrogens is 2. The van der Waals surface area contributed by atoms with E-state index in [4.69, 9.17) is 4.74 Å². The van der Waals surface area contributed by atoms with Crippen LogP contribution in [-0.2, 0) is 4.74 Å².